The predicted molar refractivity (Wildman–Crippen MR) is 183 cm³/mol. The molecule has 4 N–H and O–H groups in total. The van der Waals surface area contributed by atoms with Crippen LogP contribution in [0.15, 0.2) is 29.6 Å². The molecule has 0 saturated carbocycles. The Kier molecular flexibility index (Phi) is 9.95. The van der Waals surface area contributed by atoms with Crippen LogP contribution in [0.3, 0.4) is 0 Å². The van der Waals surface area contributed by atoms with Gasteiger partial charge in [0, 0.05) is 56.0 Å². The van der Waals surface area contributed by atoms with E-state index in [9.17, 15) is 4.79 Å². The van der Waals surface area contributed by atoms with Crippen LogP contribution in [0.2, 0.25) is 30.7 Å². The first kappa shape index (κ1) is 33.8. The Morgan fingerprint density at radius 1 is 1.29 bits per heavy atom. The Morgan fingerprint density at radius 2 is 2.02 bits per heavy atom. The van der Waals surface area contributed by atoms with E-state index in [-0.39, 0.29) is 28.8 Å². The maximum atomic E-state index is 12.7. The molecule has 3 aromatic rings. The number of halogens is 1. The van der Waals surface area contributed by atoms with Gasteiger partial charge < -0.3 is 30.2 Å². The second-order valence-electron chi connectivity index (χ2n) is 14.3. The summed E-state index contributed by atoms with van der Waals surface area (Å²) in [6.07, 6.45) is 6.57. The summed E-state index contributed by atoms with van der Waals surface area (Å²) in [5.74, 6) is 1.16. The monoisotopic (exact) mass is 675 g/mol. The topological polar surface area (TPSA) is 141 Å². The maximum Gasteiger partial charge on any atom is 0.407 e. The van der Waals surface area contributed by atoms with Crippen LogP contribution in [-0.4, -0.2) is 78.4 Å². The van der Waals surface area contributed by atoms with Crippen LogP contribution in [-0.2, 0) is 14.2 Å². The number of alkyl carbamates (subject to hydrolysis) is 1. The van der Waals surface area contributed by atoms with Gasteiger partial charge in [0.15, 0.2) is 0 Å². The summed E-state index contributed by atoms with van der Waals surface area (Å²) in [6.45, 7) is 17.4. The largest absolute Gasteiger partial charge is 0.444 e. The Morgan fingerprint density at radius 3 is 2.71 bits per heavy atom. The van der Waals surface area contributed by atoms with Gasteiger partial charge in [-0.3, -0.25) is 5.10 Å². The number of ether oxygens (including phenoxy) is 3. The lowest BCUT2D eigenvalue weighted by Crippen LogP contribution is -2.55. The fourth-order valence-corrected chi connectivity index (χ4v) is 8.01. The number of pyridine rings is 2. The van der Waals surface area contributed by atoms with E-state index < -0.39 is 19.8 Å². The summed E-state index contributed by atoms with van der Waals surface area (Å²) < 4.78 is 18.2. The van der Waals surface area contributed by atoms with Crippen LogP contribution in [0.5, 0.6) is 0 Å². The van der Waals surface area contributed by atoms with E-state index in [1.807, 2.05) is 46.2 Å². The van der Waals surface area contributed by atoms with Gasteiger partial charge in [-0.15, -0.1) is 0 Å². The molecule has 0 bridgehead atoms. The molecular formula is C31H46ClN7O4SSi. The molecule has 3 atom stereocenters. The lowest BCUT2D eigenvalue weighted by Gasteiger charge is -2.43. The van der Waals surface area contributed by atoms with Crippen LogP contribution in [0.4, 0.5) is 16.4 Å². The highest BCUT2D eigenvalue weighted by atomic mass is 35.5. The number of carbonyl (C=O) groups is 1. The van der Waals surface area contributed by atoms with Gasteiger partial charge >= 0.3 is 6.09 Å². The fraction of sp³-hybridized carbons (Fsp3) is 0.613. The molecule has 0 aliphatic carbocycles. The number of fused-ring (bicyclic) bond motifs is 1. The Hall–Kier alpha value is -2.58. The standard InChI is InChI=1S/C31H46ClN7O4SSi/c1-19-25(37-29(40)43-30(2,3)4)31(18-42-19)9-12-39(13-10-31)27-20-17-36-38-24(20)21(16-35-27)28(41-14-15-45(5,6)7)44-22-8-11-34-26(33)23(22)32/h8,11,16-17,19,25,28H,9-10,12-15,18H2,1-7H3,(H2,33,34)(H,36,38)(H,37,40). The SMILES string of the molecule is CC1OCC2(CCN(c3ncc(C(OCC[Si](C)(C)C)Sc4ccnc(N)c4Cl)c4[nH]ncc34)CC2)C1NC(=O)OC(C)(C)C. The normalized spacial score (nSPS) is 20.9. The molecule has 0 aromatic carbocycles. The second-order valence-corrected chi connectivity index (χ2v) is 21.4. The highest BCUT2D eigenvalue weighted by Gasteiger charge is 2.50. The predicted octanol–water partition coefficient (Wildman–Crippen LogP) is 6.63. The molecule has 5 rings (SSSR count). The van der Waals surface area contributed by atoms with Crippen molar-refractivity contribution in [3.63, 3.8) is 0 Å². The zero-order chi connectivity index (χ0) is 32.6. The van der Waals surface area contributed by atoms with E-state index in [1.165, 1.54) is 11.8 Å². The first-order chi connectivity index (χ1) is 21.2. The molecule has 2 saturated heterocycles. The molecule has 2 aliphatic rings. The molecule has 1 spiro atoms. The van der Waals surface area contributed by atoms with Crippen molar-refractivity contribution >= 4 is 60.1 Å². The van der Waals surface area contributed by atoms with E-state index in [4.69, 9.17) is 36.5 Å². The fourth-order valence-electron chi connectivity index (χ4n) is 5.98. The van der Waals surface area contributed by atoms with Crippen LogP contribution >= 0.6 is 23.4 Å². The van der Waals surface area contributed by atoms with Gasteiger partial charge in [-0.25, -0.2) is 14.8 Å². The average molecular weight is 676 g/mol. The van der Waals surface area contributed by atoms with Crippen LogP contribution in [0, 0.1) is 5.41 Å². The number of rotatable bonds is 9. The number of aromatic nitrogens is 4. The number of nitrogens with one attached hydrogen (secondary N) is 2. The van der Waals surface area contributed by atoms with Crippen molar-refractivity contribution in [1.82, 2.24) is 25.5 Å². The smallest absolute Gasteiger partial charge is 0.407 e. The molecule has 14 heteroatoms. The van der Waals surface area contributed by atoms with Gasteiger partial charge in [-0.05, 0) is 52.6 Å². The lowest BCUT2D eigenvalue weighted by molar-refractivity contribution is 0.0434. The first-order valence-electron chi connectivity index (χ1n) is 15.5. The van der Waals surface area contributed by atoms with Gasteiger partial charge in [0.2, 0.25) is 0 Å². The molecule has 2 fully saturated rings. The van der Waals surface area contributed by atoms with Gasteiger partial charge in [0.05, 0.1) is 40.9 Å². The van der Waals surface area contributed by atoms with E-state index in [0.717, 1.165) is 59.2 Å². The van der Waals surface area contributed by atoms with Crippen LogP contribution < -0.4 is 16.0 Å². The molecule has 3 unspecified atom stereocenters. The van der Waals surface area contributed by atoms with E-state index in [0.29, 0.717) is 18.2 Å². The zero-order valence-electron chi connectivity index (χ0n) is 27.3. The van der Waals surface area contributed by atoms with Crippen molar-refractivity contribution in [1.29, 1.82) is 0 Å². The first-order valence-corrected chi connectivity index (χ1v) is 20.5. The van der Waals surface area contributed by atoms with Crippen molar-refractivity contribution in [3.8, 4) is 0 Å². The number of nitrogens with two attached hydrogens (primary N) is 1. The molecule has 5 heterocycles. The molecule has 1 amide bonds. The summed E-state index contributed by atoms with van der Waals surface area (Å²) in [7, 11) is -1.32. The third-order valence-corrected chi connectivity index (χ3v) is 11.9. The number of carbonyl (C=O) groups excluding carboxylic acids is 1. The Balaban J connectivity index is 1.36. The van der Waals surface area contributed by atoms with Crippen LogP contribution in [0.25, 0.3) is 10.9 Å². The van der Waals surface area contributed by atoms with Gasteiger partial charge in [0.1, 0.15) is 22.7 Å². The number of hydrogen-bond acceptors (Lipinski definition) is 10. The summed E-state index contributed by atoms with van der Waals surface area (Å²) >= 11 is 8.04. The molecule has 0 radical (unpaired) electrons. The minimum Gasteiger partial charge on any atom is -0.444 e. The number of hydrogen-bond donors (Lipinski definition) is 3. The third-order valence-electron chi connectivity index (χ3n) is 8.48. The number of thioether (sulfide) groups is 1. The van der Waals surface area contributed by atoms with Crippen molar-refractivity contribution in [3.05, 3.63) is 35.2 Å². The number of piperidine rings is 1. The molecule has 3 aromatic heterocycles. The maximum absolute atomic E-state index is 12.7. The van der Waals surface area contributed by atoms with E-state index >= 15 is 0 Å². The number of nitrogens with zero attached hydrogens (tertiary/aromatic N) is 4. The molecule has 2 aliphatic heterocycles. The minimum atomic E-state index is -1.32. The van der Waals surface area contributed by atoms with Gasteiger partial charge in [-0.2, -0.15) is 5.10 Å². The van der Waals surface area contributed by atoms with Gasteiger partial charge in [0.25, 0.3) is 0 Å². The zero-order valence-corrected chi connectivity index (χ0v) is 29.8. The summed E-state index contributed by atoms with van der Waals surface area (Å²) in [4.78, 5) is 24.9. The lowest BCUT2D eigenvalue weighted by atomic mass is 9.73. The number of H-pyrrole nitrogens is 1. The molecule has 45 heavy (non-hydrogen) atoms. The number of nitrogen functional groups attached to an aromatic ring is 1. The number of amides is 1. The Labute approximate surface area is 275 Å². The number of anilines is 2. The minimum absolute atomic E-state index is 0.0957. The number of aromatic amines is 1. The summed E-state index contributed by atoms with van der Waals surface area (Å²) in [5.41, 5.74) is 6.68. The van der Waals surface area contributed by atoms with Crippen molar-refractivity contribution in [2.75, 3.05) is 36.9 Å². The van der Waals surface area contributed by atoms with E-state index in [1.54, 1.807) is 6.20 Å². The quantitative estimate of drug-likeness (QED) is 0.129. The molecular weight excluding hydrogens is 630 g/mol. The van der Waals surface area contributed by atoms with Gasteiger partial charge in [-0.1, -0.05) is 43.0 Å². The van der Waals surface area contributed by atoms with Crippen molar-refractivity contribution in [2.45, 2.75) is 94.3 Å². The second kappa shape index (κ2) is 13.3. The summed E-state index contributed by atoms with van der Waals surface area (Å²) in [6, 6.07) is 2.75. The highest BCUT2D eigenvalue weighted by Crippen LogP contribution is 2.46. The highest BCUT2D eigenvalue weighted by molar-refractivity contribution is 7.99. The molecule has 11 nitrogen and oxygen atoms in total. The average Bonchev–Trinajstić information content (AvgIpc) is 3.55. The van der Waals surface area contributed by atoms with Crippen molar-refractivity contribution in [2.24, 2.45) is 5.41 Å². The van der Waals surface area contributed by atoms with Crippen LogP contribution in [0.1, 0.15) is 51.5 Å². The third kappa shape index (κ3) is 7.87. The summed E-state index contributed by atoms with van der Waals surface area (Å²) in [5, 5.41) is 12.1. The Bertz CT molecular complexity index is 1500. The molecule has 246 valence electrons. The van der Waals surface area contributed by atoms with Crippen molar-refractivity contribution < 1.29 is 19.0 Å². The van der Waals surface area contributed by atoms with E-state index in [2.05, 4.69) is 45.0 Å².